The Labute approximate surface area is 79.0 Å². The molecule has 4 nitrogen and oxygen atoms in total. The van der Waals surface area contributed by atoms with Crippen LogP contribution in [0.15, 0.2) is 0 Å². The molecule has 0 radical (unpaired) electrons. The van der Waals surface area contributed by atoms with Crippen molar-refractivity contribution >= 4 is 5.97 Å². The first-order valence-corrected chi connectivity index (χ1v) is 4.50. The van der Waals surface area contributed by atoms with Crippen molar-refractivity contribution in [1.29, 1.82) is 0 Å². The minimum absolute atomic E-state index is 0.329. The van der Waals surface area contributed by atoms with Crippen molar-refractivity contribution in [3.63, 3.8) is 0 Å². The third-order valence-corrected chi connectivity index (χ3v) is 2.26. The first-order chi connectivity index (χ1) is 5.94. The number of likely N-dealkylation sites (tertiary alicyclic amines) is 1. The largest absolute Gasteiger partial charge is 0.468 e. The van der Waals surface area contributed by atoms with Gasteiger partial charge in [-0.05, 0) is 5.41 Å². The van der Waals surface area contributed by atoms with E-state index in [0.717, 1.165) is 13.1 Å². The molecule has 1 atom stereocenters. The molecule has 13 heavy (non-hydrogen) atoms. The highest BCUT2D eigenvalue weighted by Crippen LogP contribution is 2.28. The zero-order valence-electron chi connectivity index (χ0n) is 8.54. The van der Waals surface area contributed by atoms with Gasteiger partial charge in [0, 0.05) is 19.6 Å². The maximum absolute atomic E-state index is 11.0. The van der Waals surface area contributed by atoms with E-state index >= 15 is 0 Å². The van der Waals surface area contributed by atoms with E-state index < -0.39 is 6.04 Å². The van der Waals surface area contributed by atoms with Gasteiger partial charge >= 0.3 is 5.97 Å². The van der Waals surface area contributed by atoms with Crippen LogP contribution < -0.4 is 5.73 Å². The Morgan fingerprint density at radius 3 is 2.54 bits per heavy atom. The van der Waals surface area contributed by atoms with E-state index in [9.17, 15) is 4.79 Å². The van der Waals surface area contributed by atoms with Crippen LogP contribution in [-0.4, -0.2) is 43.7 Å². The summed E-state index contributed by atoms with van der Waals surface area (Å²) in [5.41, 5.74) is 6.00. The van der Waals surface area contributed by atoms with E-state index in [-0.39, 0.29) is 5.97 Å². The van der Waals surface area contributed by atoms with Gasteiger partial charge in [-0.15, -0.1) is 0 Å². The van der Waals surface area contributed by atoms with E-state index in [0.29, 0.717) is 12.0 Å². The van der Waals surface area contributed by atoms with Crippen LogP contribution in [-0.2, 0) is 9.53 Å². The van der Waals surface area contributed by atoms with Gasteiger partial charge in [0.2, 0.25) is 0 Å². The van der Waals surface area contributed by atoms with Crippen molar-refractivity contribution in [2.75, 3.05) is 26.7 Å². The SMILES string of the molecule is COC(=O)C(N)CN1CC(C)(C)C1. The molecule has 1 heterocycles. The third kappa shape index (κ3) is 2.67. The predicted molar refractivity (Wildman–Crippen MR) is 50.2 cm³/mol. The molecule has 1 saturated heterocycles. The number of carbonyl (C=O) groups excluding carboxylic acids is 1. The topological polar surface area (TPSA) is 55.6 Å². The molecule has 1 unspecified atom stereocenters. The Morgan fingerprint density at radius 1 is 1.62 bits per heavy atom. The van der Waals surface area contributed by atoms with Crippen LogP contribution in [0, 0.1) is 5.41 Å². The number of rotatable bonds is 3. The quantitative estimate of drug-likeness (QED) is 0.622. The van der Waals surface area contributed by atoms with Gasteiger partial charge in [0.1, 0.15) is 6.04 Å². The Morgan fingerprint density at radius 2 is 2.15 bits per heavy atom. The zero-order valence-corrected chi connectivity index (χ0v) is 8.54. The summed E-state index contributed by atoms with van der Waals surface area (Å²) in [6.45, 7) is 7.03. The zero-order chi connectivity index (χ0) is 10.1. The lowest BCUT2D eigenvalue weighted by Crippen LogP contribution is -2.57. The molecule has 0 spiro atoms. The van der Waals surface area contributed by atoms with Crippen molar-refractivity contribution in [2.45, 2.75) is 19.9 Å². The Balaban J connectivity index is 2.24. The number of esters is 1. The van der Waals surface area contributed by atoms with Crippen LogP contribution in [0.4, 0.5) is 0 Å². The van der Waals surface area contributed by atoms with E-state index in [1.54, 1.807) is 0 Å². The number of hydrogen-bond donors (Lipinski definition) is 1. The highest BCUT2D eigenvalue weighted by atomic mass is 16.5. The number of ether oxygens (including phenoxy) is 1. The van der Waals surface area contributed by atoms with Crippen LogP contribution >= 0.6 is 0 Å². The summed E-state index contributed by atoms with van der Waals surface area (Å²) in [4.78, 5) is 13.1. The summed E-state index contributed by atoms with van der Waals surface area (Å²) >= 11 is 0. The molecule has 0 aromatic heterocycles. The molecule has 76 valence electrons. The summed E-state index contributed by atoms with van der Waals surface area (Å²) < 4.78 is 4.54. The number of methoxy groups -OCH3 is 1. The Bertz CT molecular complexity index is 196. The third-order valence-electron chi connectivity index (χ3n) is 2.26. The van der Waals surface area contributed by atoms with Crippen molar-refractivity contribution in [2.24, 2.45) is 11.1 Å². The van der Waals surface area contributed by atoms with Crippen molar-refractivity contribution in [3.8, 4) is 0 Å². The molecule has 0 saturated carbocycles. The van der Waals surface area contributed by atoms with Gasteiger partial charge in [-0.2, -0.15) is 0 Å². The molecule has 0 aliphatic carbocycles. The second kappa shape index (κ2) is 3.64. The van der Waals surface area contributed by atoms with E-state index in [1.165, 1.54) is 7.11 Å². The standard InChI is InChI=1S/C9H18N2O2/c1-9(2)5-11(6-9)4-7(10)8(12)13-3/h7H,4-6,10H2,1-3H3. The van der Waals surface area contributed by atoms with Crippen LogP contribution in [0.25, 0.3) is 0 Å². The van der Waals surface area contributed by atoms with Crippen molar-refractivity contribution in [1.82, 2.24) is 4.90 Å². The van der Waals surface area contributed by atoms with Gasteiger partial charge in [0.15, 0.2) is 0 Å². The molecule has 1 aliphatic rings. The molecule has 1 fully saturated rings. The van der Waals surface area contributed by atoms with Gasteiger partial charge in [0.25, 0.3) is 0 Å². The summed E-state index contributed by atoms with van der Waals surface area (Å²) in [6.07, 6.45) is 0. The molecule has 1 rings (SSSR count). The molecule has 2 N–H and O–H groups in total. The molecular formula is C9H18N2O2. The fourth-order valence-corrected chi connectivity index (χ4v) is 1.80. The second-order valence-electron chi connectivity index (χ2n) is 4.46. The minimum Gasteiger partial charge on any atom is -0.468 e. The Hall–Kier alpha value is -0.610. The molecule has 0 bridgehead atoms. The molecule has 0 aromatic carbocycles. The average Bonchev–Trinajstić information content (AvgIpc) is 1.99. The first kappa shape index (κ1) is 10.5. The number of nitrogens with two attached hydrogens (primary N) is 1. The monoisotopic (exact) mass is 186 g/mol. The van der Waals surface area contributed by atoms with Crippen molar-refractivity contribution < 1.29 is 9.53 Å². The second-order valence-corrected chi connectivity index (χ2v) is 4.46. The van der Waals surface area contributed by atoms with Gasteiger partial charge in [-0.25, -0.2) is 0 Å². The van der Waals surface area contributed by atoms with Crippen LogP contribution in [0.1, 0.15) is 13.8 Å². The molecule has 1 aliphatic heterocycles. The Kier molecular flexibility index (Phi) is 2.93. The smallest absolute Gasteiger partial charge is 0.323 e. The van der Waals surface area contributed by atoms with Crippen LogP contribution in [0.3, 0.4) is 0 Å². The van der Waals surface area contributed by atoms with Gasteiger partial charge in [0.05, 0.1) is 7.11 Å². The lowest BCUT2D eigenvalue weighted by Gasteiger charge is -2.46. The number of nitrogens with zero attached hydrogens (tertiary/aromatic N) is 1. The van der Waals surface area contributed by atoms with Gasteiger partial charge in [-0.1, -0.05) is 13.8 Å². The van der Waals surface area contributed by atoms with Gasteiger partial charge < -0.3 is 15.4 Å². The summed E-state index contributed by atoms with van der Waals surface area (Å²) in [7, 11) is 1.36. The summed E-state index contributed by atoms with van der Waals surface area (Å²) in [5, 5.41) is 0. The fraction of sp³-hybridized carbons (Fsp3) is 0.889. The maximum Gasteiger partial charge on any atom is 0.323 e. The fourth-order valence-electron chi connectivity index (χ4n) is 1.80. The summed E-state index contributed by atoms with van der Waals surface area (Å²) in [6, 6.07) is -0.499. The maximum atomic E-state index is 11.0. The summed E-state index contributed by atoms with van der Waals surface area (Å²) in [5.74, 6) is -0.329. The molecule has 0 amide bonds. The predicted octanol–water partition coefficient (Wildman–Crippen LogP) is -0.171. The normalized spacial score (nSPS) is 23.4. The highest BCUT2D eigenvalue weighted by Gasteiger charge is 2.35. The van der Waals surface area contributed by atoms with Gasteiger partial charge in [-0.3, -0.25) is 4.79 Å². The number of hydrogen-bond acceptors (Lipinski definition) is 4. The lowest BCUT2D eigenvalue weighted by molar-refractivity contribution is -0.143. The molecule has 4 heteroatoms. The molecule has 0 aromatic rings. The lowest BCUT2D eigenvalue weighted by atomic mass is 9.84. The number of carbonyl (C=O) groups is 1. The first-order valence-electron chi connectivity index (χ1n) is 4.50. The highest BCUT2D eigenvalue weighted by molar-refractivity contribution is 5.75. The van der Waals surface area contributed by atoms with Crippen LogP contribution in [0.5, 0.6) is 0 Å². The van der Waals surface area contributed by atoms with Crippen molar-refractivity contribution in [3.05, 3.63) is 0 Å². The van der Waals surface area contributed by atoms with Crippen LogP contribution in [0.2, 0.25) is 0 Å². The molecular weight excluding hydrogens is 168 g/mol. The average molecular weight is 186 g/mol. The minimum atomic E-state index is -0.499. The van der Waals surface area contributed by atoms with E-state index in [2.05, 4.69) is 23.5 Å². The van der Waals surface area contributed by atoms with E-state index in [4.69, 9.17) is 5.73 Å². The van der Waals surface area contributed by atoms with E-state index in [1.807, 2.05) is 0 Å².